The molecule has 1 aliphatic heterocycles. The maximum atomic E-state index is 11.0. The molecule has 0 aromatic carbocycles. The predicted molar refractivity (Wildman–Crippen MR) is 55.4 cm³/mol. The molecule has 1 aliphatic rings. The van der Waals surface area contributed by atoms with Crippen LogP contribution in [0.2, 0.25) is 0 Å². The third-order valence-electron chi connectivity index (χ3n) is 2.88. The summed E-state index contributed by atoms with van der Waals surface area (Å²) in [6.45, 7) is 3.59. The van der Waals surface area contributed by atoms with Crippen LogP contribution in [-0.4, -0.2) is 22.7 Å². The van der Waals surface area contributed by atoms with Crippen LogP contribution < -0.4 is 0 Å². The summed E-state index contributed by atoms with van der Waals surface area (Å²) in [4.78, 5) is 11.0. The topological polar surface area (TPSA) is 44.1 Å². The van der Waals surface area contributed by atoms with Gasteiger partial charge in [-0.05, 0) is 25.8 Å². The first-order valence-electron chi connectivity index (χ1n) is 5.45. The van der Waals surface area contributed by atoms with Crippen molar-refractivity contribution in [2.45, 2.75) is 32.4 Å². The molecule has 1 aromatic heterocycles. The lowest BCUT2D eigenvalue weighted by atomic mass is 9.93. The molecule has 0 saturated carbocycles. The molecule has 2 atom stereocenters. The molecule has 0 amide bonds. The van der Waals surface area contributed by atoms with Gasteiger partial charge in [0.25, 0.3) is 0 Å². The summed E-state index contributed by atoms with van der Waals surface area (Å²) in [5.74, 6) is -0.0132. The number of hydrogen-bond acceptors (Lipinski definition) is 3. The van der Waals surface area contributed by atoms with Gasteiger partial charge in [-0.2, -0.15) is 5.10 Å². The highest BCUT2D eigenvalue weighted by molar-refractivity contribution is 5.55. The van der Waals surface area contributed by atoms with E-state index in [4.69, 9.17) is 4.74 Å². The van der Waals surface area contributed by atoms with Gasteiger partial charge in [-0.25, -0.2) is 0 Å². The van der Waals surface area contributed by atoms with Crippen LogP contribution in [0, 0.1) is 5.92 Å². The molecule has 2 heterocycles. The molecule has 0 radical (unpaired) electrons. The Labute approximate surface area is 89.2 Å². The maximum Gasteiger partial charge on any atom is 0.126 e. The van der Waals surface area contributed by atoms with Crippen molar-refractivity contribution < 1.29 is 9.53 Å². The first-order chi connectivity index (χ1) is 7.36. The van der Waals surface area contributed by atoms with Gasteiger partial charge in [0.2, 0.25) is 0 Å². The Bertz CT molecular complexity index is 335. The quantitative estimate of drug-likeness (QED) is 0.708. The minimum atomic E-state index is -0.0984. The van der Waals surface area contributed by atoms with E-state index >= 15 is 0 Å². The molecule has 4 heteroatoms. The molecule has 0 bridgehead atoms. The fourth-order valence-electron chi connectivity index (χ4n) is 2.10. The molecule has 1 aromatic rings. The van der Waals surface area contributed by atoms with Crippen LogP contribution >= 0.6 is 0 Å². The van der Waals surface area contributed by atoms with Crippen molar-refractivity contribution in [1.29, 1.82) is 0 Å². The molecule has 1 saturated heterocycles. The average molecular weight is 208 g/mol. The molecule has 0 N–H and O–H groups in total. The van der Waals surface area contributed by atoms with E-state index in [0.29, 0.717) is 0 Å². The van der Waals surface area contributed by atoms with E-state index in [1.54, 1.807) is 6.20 Å². The summed E-state index contributed by atoms with van der Waals surface area (Å²) >= 11 is 0. The molecule has 82 valence electrons. The van der Waals surface area contributed by atoms with Crippen molar-refractivity contribution in [1.82, 2.24) is 9.78 Å². The van der Waals surface area contributed by atoms with Gasteiger partial charge in [0.05, 0.1) is 5.69 Å². The van der Waals surface area contributed by atoms with Crippen molar-refractivity contribution in [2.24, 2.45) is 5.92 Å². The Kier molecular flexibility index (Phi) is 3.16. The lowest BCUT2D eigenvalue weighted by Crippen LogP contribution is -2.25. The second-order valence-electron chi connectivity index (χ2n) is 3.81. The molecule has 0 aliphatic carbocycles. The van der Waals surface area contributed by atoms with Gasteiger partial charge < -0.3 is 9.53 Å². The fourth-order valence-corrected chi connectivity index (χ4v) is 2.10. The van der Waals surface area contributed by atoms with Gasteiger partial charge in [0, 0.05) is 25.3 Å². The molecule has 1 fully saturated rings. The van der Waals surface area contributed by atoms with Crippen molar-refractivity contribution in [3.8, 4) is 0 Å². The van der Waals surface area contributed by atoms with Crippen molar-refractivity contribution in [3.63, 3.8) is 0 Å². The summed E-state index contributed by atoms with van der Waals surface area (Å²) in [5.41, 5.74) is 1.02. The summed E-state index contributed by atoms with van der Waals surface area (Å²) < 4.78 is 7.57. The van der Waals surface area contributed by atoms with Crippen LogP contribution in [0.3, 0.4) is 0 Å². The number of aldehydes is 1. The largest absolute Gasteiger partial charge is 0.371 e. The minimum absolute atomic E-state index is 0.0132. The smallest absolute Gasteiger partial charge is 0.126 e. The van der Waals surface area contributed by atoms with Gasteiger partial charge in [0.1, 0.15) is 12.4 Å². The van der Waals surface area contributed by atoms with Crippen molar-refractivity contribution in [3.05, 3.63) is 18.0 Å². The first kappa shape index (κ1) is 10.4. The zero-order valence-corrected chi connectivity index (χ0v) is 8.93. The predicted octanol–water partition coefficient (Wildman–Crippen LogP) is 1.57. The monoisotopic (exact) mass is 208 g/mol. The van der Waals surface area contributed by atoms with Crippen LogP contribution in [0.4, 0.5) is 0 Å². The van der Waals surface area contributed by atoms with E-state index in [1.165, 1.54) is 0 Å². The highest BCUT2D eigenvalue weighted by Gasteiger charge is 2.29. The lowest BCUT2D eigenvalue weighted by molar-refractivity contribution is -0.120. The number of aromatic nitrogens is 2. The summed E-state index contributed by atoms with van der Waals surface area (Å²) in [6, 6.07) is 1.94. The second-order valence-corrected chi connectivity index (χ2v) is 3.81. The fraction of sp³-hybridized carbons (Fsp3) is 0.636. The number of ether oxygens (including phenoxy) is 1. The number of aryl methyl sites for hydroxylation is 1. The van der Waals surface area contributed by atoms with Gasteiger partial charge in [-0.15, -0.1) is 0 Å². The summed E-state index contributed by atoms with van der Waals surface area (Å²) in [5, 5.41) is 4.20. The second kappa shape index (κ2) is 4.57. The van der Waals surface area contributed by atoms with Crippen LogP contribution in [0.1, 0.15) is 31.6 Å². The van der Waals surface area contributed by atoms with Crippen LogP contribution in [0.15, 0.2) is 12.3 Å². The molecule has 2 rings (SSSR count). The van der Waals surface area contributed by atoms with Crippen LogP contribution in [-0.2, 0) is 16.1 Å². The molecule has 0 spiro atoms. The lowest BCUT2D eigenvalue weighted by Gasteiger charge is -2.28. The molecular weight excluding hydrogens is 192 g/mol. The van der Waals surface area contributed by atoms with E-state index in [0.717, 1.165) is 38.0 Å². The van der Waals surface area contributed by atoms with E-state index in [1.807, 2.05) is 17.7 Å². The standard InChI is InChI=1S/C11H16N2O2/c1-2-13-10(5-6-12-13)11-9(8-14)4-3-7-15-11/h5-6,8-9,11H,2-4,7H2,1H3/t9-,11+/m0/s1. The van der Waals surface area contributed by atoms with Gasteiger partial charge in [-0.1, -0.05) is 0 Å². The Morgan fingerprint density at radius 2 is 2.60 bits per heavy atom. The Morgan fingerprint density at radius 1 is 1.73 bits per heavy atom. The zero-order valence-electron chi connectivity index (χ0n) is 8.93. The number of carbonyl (C=O) groups is 1. The van der Waals surface area contributed by atoms with E-state index < -0.39 is 0 Å². The number of nitrogens with zero attached hydrogens (tertiary/aromatic N) is 2. The van der Waals surface area contributed by atoms with Crippen LogP contribution in [0.25, 0.3) is 0 Å². The molecule has 0 unspecified atom stereocenters. The summed E-state index contributed by atoms with van der Waals surface area (Å²) in [6.07, 6.45) is 4.57. The normalized spacial score (nSPS) is 26.5. The number of rotatable bonds is 3. The maximum absolute atomic E-state index is 11.0. The average Bonchev–Trinajstić information content (AvgIpc) is 2.76. The van der Waals surface area contributed by atoms with Gasteiger partial charge in [0.15, 0.2) is 0 Å². The van der Waals surface area contributed by atoms with E-state index in [-0.39, 0.29) is 12.0 Å². The Hall–Kier alpha value is -1.16. The molecular formula is C11H16N2O2. The number of carbonyl (C=O) groups excluding carboxylic acids is 1. The molecule has 15 heavy (non-hydrogen) atoms. The van der Waals surface area contributed by atoms with Gasteiger partial charge in [-0.3, -0.25) is 4.68 Å². The Balaban J connectivity index is 2.23. The third kappa shape index (κ3) is 1.95. The molecule has 4 nitrogen and oxygen atoms in total. The van der Waals surface area contributed by atoms with Gasteiger partial charge >= 0.3 is 0 Å². The first-order valence-corrected chi connectivity index (χ1v) is 5.45. The SMILES string of the molecule is CCn1nccc1[C@@H]1OCCC[C@H]1C=O. The van der Waals surface area contributed by atoms with Crippen molar-refractivity contribution in [2.75, 3.05) is 6.61 Å². The van der Waals surface area contributed by atoms with E-state index in [2.05, 4.69) is 5.10 Å². The van der Waals surface area contributed by atoms with E-state index in [9.17, 15) is 4.79 Å². The highest BCUT2D eigenvalue weighted by atomic mass is 16.5. The van der Waals surface area contributed by atoms with Crippen LogP contribution in [0.5, 0.6) is 0 Å². The minimum Gasteiger partial charge on any atom is -0.371 e. The summed E-state index contributed by atoms with van der Waals surface area (Å²) in [7, 11) is 0. The third-order valence-corrected chi connectivity index (χ3v) is 2.88. The van der Waals surface area contributed by atoms with Crippen molar-refractivity contribution >= 4 is 6.29 Å². The highest BCUT2D eigenvalue weighted by Crippen LogP contribution is 2.31. The Morgan fingerprint density at radius 3 is 3.33 bits per heavy atom. The zero-order chi connectivity index (χ0) is 10.7. The number of hydrogen-bond donors (Lipinski definition) is 0.